The average Bonchev–Trinajstić information content (AvgIpc) is 2.65. The Bertz CT molecular complexity index is 930. The summed E-state index contributed by atoms with van der Waals surface area (Å²) in [6.45, 7) is 3.45. The first-order valence-electron chi connectivity index (χ1n) is 8.44. The molecular weight excluding hydrogens is 348 g/mol. The Hall–Kier alpha value is -3.29. The van der Waals surface area contributed by atoms with Gasteiger partial charge in [0.15, 0.2) is 12.5 Å². The molecule has 140 valence electrons. The Labute approximate surface area is 156 Å². The average molecular weight is 369 g/mol. The van der Waals surface area contributed by atoms with E-state index in [9.17, 15) is 14.4 Å². The van der Waals surface area contributed by atoms with Crippen molar-refractivity contribution < 1.29 is 23.7 Å². The van der Waals surface area contributed by atoms with E-state index in [2.05, 4.69) is 10.3 Å². The zero-order valence-electron chi connectivity index (χ0n) is 15.6. The molecule has 1 atom stereocenters. The molecule has 0 saturated heterocycles. The van der Waals surface area contributed by atoms with Crippen LogP contribution in [0.15, 0.2) is 35.0 Å². The first-order valence-corrected chi connectivity index (χ1v) is 8.44. The molecule has 2 heterocycles. The van der Waals surface area contributed by atoms with E-state index in [1.807, 2.05) is 26.0 Å². The van der Waals surface area contributed by atoms with E-state index in [1.165, 1.54) is 24.9 Å². The number of methoxy groups -OCH3 is 1. The second-order valence-electron chi connectivity index (χ2n) is 6.48. The Morgan fingerprint density at radius 3 is 2.74 bits per heavy atom. The molecule has 0 spiro atoms. The molecule has 4 amide bonds. The molecule has 0 fully saturated rings. The molecule has 0 bridgehead atoms. The first-order chi connectivity index (χ1) is 12.8. The van der Waals surface area contributed by atoms with Crippen LogP contribution in [0.1, 0.15) is 11.1 Å². The normalized spacial score (nSPS) is 19.0. The molecular formula is C19H21N4O4+. The van der Waals surface area contributed by atoms with Crippen molar-refractivity contribution in [3.8, 4) is 0 Å². The molecule has 2 aliphatic heterocycles. The van der Waals surface area contributed by atoms with Gasteiger partial charge in [-0.25, -0.2) is 4.79 Å². The quantitative estimate of drug-likeness (QED) is 0.814. The van der Waals surface area contributed by atoms with E-state index >= 15 is 0 Å². The first kappa shape index (κ1) is 18.5. The number of amidine groups is 1. The Balaban J connectivity index is 1.82. The molecule has 1 aromatic rings. The van der Waals surface area contributed by atoms with Crippen molar-refractivity contribution >= 4 is 35.6 Å². The Morgan fingerprint density at radius 1 is 1.33 bits per heavy atom. The lowest BCUT2D eigenvalue weighted by Crippen LogP contribution is -2.56. The second kappa shape index (κ2) is 7.14. The molecule has 1 N–H and O–H groups in total. The third-order valence-electron chi connectivity index (χ3n) is 4.56. The largest absolute Gasteiger partial charge is 0.499 e. The lowest BCUT2D eigenvalue weighted by molar-refractivity contribution is -0.408. The van der Waals surface area contributed by atoms with E-state index in [1.54, 1.807) is 12.1 Å². The topological polar surface area (TPSA) is 91.1 Å². The smallest absolute Gasteiger partial charge is 0.446 e. The van der Waals surface area contributed by atoms with Crippen molar-refractivity contribution in [2.45, 2.75) is 13.8 Å². The number of hydrogen-bond donors (Lipinski definition) is 1. The van der Waals surface area contributed by atoms with E-state index in [-0.39, 0.29) is 12.4 Å². The summed E-state index contributed by atoms with van der Waals surface area (Å²) in [4.78, 5) is 43.0. The molecule has 2 aliphatic rings. The van der Waals surface area contributed by atoms with Crippen LogP contribution in [-0.4, -0.2) is 60.1 Å². The minimum Gasteiger partial charge on any atom is -0.499 e. The van der Waals surface area contributed by atoms with Gasteiger partial charge in [0.25, 0.3) is 11.7 Å². The van der Waals surface area contributed by atoms with Gasteiger partial charge < -0.3 is 10.1 Å². The summed E-state index contributed by atoms with van der Waals surface area (Å²) in [5, 5.41) is 2.75. The number of allylic oxidation sites excluding steroid dienone is 1. The van der Waals surface area contributed by atoms with Gasteiger partial charge in [0.05, 0.1) is 14.2 Å². The van der Waals surface area contributed by atoms with Gasteiger partial charge in [-0.3, -0.25) is 9.59 Å². The number of carbonyl (C=O) groups excluding carboxylic acids is 3. The van der Waals surface area contributed by atoms with Gasteiger partial charge in [-0.1, -0.05) is 17.7 Å². The fraction of sp³-hybridized carbons (Fsp3) is 0.316. The summed E-state index contributed by atoms with van der Waals surface area (Å²) in [5.41, 5.74) is 2.62. The third-order valence-corrected chi connectivity index (χ3v) is 4.56. The maximum absolute atomic E-state index is 12.9. The number of dihydropyridines is 1. The van der Waals surface area contributed by atoms with Crippen LogP contribution in [0.25, 0.3) is 0 Å². The summed E-state index contributed by atoms with van der Waals surface area (Å²) in [7, 11) is 2.96. The lowest BCUT2D eigenvalue weighted by atomic mass is 9.99. The van der Waals surface area contributed by atoms with Crippen LogP contribution in [0.3, 0.4) is 0 Å². The van der Waals surface area contributed by atoms with Crippen LogP contribution in [0.5, 0.6) is 0 Å². The molecule has 1 unspecified atom stereocenters. The summed E-state index contributed by atoms with van der Waals surface area (Å²) in [6, 6.07) is 5.01. The Morgan fingerprint density at radius 2 is 2.07 bits per heavy atom. The minimum absolute atomic E-state index is 0.287. The predicted octanol–water partition coefficient (Wildman–Crippen LogP) is 1.48. The van der Waals surface area contributed by atoms with Gasteiger partial charge in [0.1, 0.15) is 12.0 Å². The summed E-state index contributed by atoms with van der Waals surface area (Å²) in [5.74, 6) is -1.16. The number of nitrogens with one attached hydrogen (secondary N) is 1. The van der Waals surface area contributed by atoms with Crippen molar-refractivity contribution in [2.75, 3.05) is 26.0 Å². The van der Waals surface area contributed by atoms with Crippen LogP contribution in [0.2, 0.25) is 0 Å². The number of rotatable bonds is 4. The van der Waals surface area contributed by atoms with Crippen LogP contribution in [0, 0.1) is 19.8 Å². The van der Waals surface area contributed by atoms with Gasteiger partial charge in [-0.15, -0.1) is 4.99 Å². The number of imide groups is 1. The summed E-state index contributed by atoms with van der Waals surface area (Å²) >= 11 is 0. The standard InChI is InChI=1S/C19H20N4O4/c1-11-5-6-13(12(2)9-11)21-15(24)10-23-18(25)16-14(27-4)7-8-20-17(16)22(3)19(23)26/h5-9,16H,10H2,1-4H3/p+1. The number of anilines is 1. The Kier molecular flexibility index (Phi) is 4.89. The second-order valence-corrected chi connectivity index (χ2v) is 6.48. The molecule has 0 aliphatic carbocycles. The fourth-order valence-corrected chi connectivity index (χ4v) is 3.15. The number of amides is 4. The number of nitrogens with zero attached hydrogens (tertiary/aromatic N) is 3. The molecule has 0 aromatic heterocycles. The molecule has 3 rings (SSSR count). The number of urea groups is 1. The molecule has 1 aromatic carbocycles. The summed E-state index contributed by atoms with van der Waals surface area (Å²) < 4.78 is 6.52. The van der Waals surface area contributed by atoms with Crippen LogP contribution < -0.4 is 5.32 Å². The van der Waals surface area contributed by atoms with Gasteiger partial charge in [0, 0.05) is 11.8 Å². The maximum atomic E-state index is 12.9. The van der Waals surface area contributed by atoms with Crippen molar-refractivity contribution in [3.63, 3.8) is 0 Å². The zero-order chi connectivity index (χ0) is 19.7. The minimum atomic E-state index is -0.836. The third kappa shape index (κ3) is 3.38. The number of hydrogen-bond acceptors (Lipinski definition) is 5. The highest BCUT2D eigenvalue weighted by Crippen LogP contribution is 2.24. The van der Waals surface area contributed by atoms with Gasteiger partial charge >= 0.3 is 11.9 Å². The van der Waals surface area contributed by atoms with E-state index < -0.39 is 23.8 Å². The van der Waals surface area contributed by atoms with Crippen LogP contribution in [-0.2, 0) is 14.3 Å². The van der Waals surface area contributed by atoms with E-state index in [0.717, 1.165) is 16.0 Å². The lowest BCUT2D eigenvalue weighted by Gasteiger charge is -2.27. The number of aryl methyl sites for hydroxylation is 2. The zero-order valence-corrected chi connectivity index (χ0v) is 15.6. The monoisotopic (exact) mass is 369 g/mol. The van der Waals surface area contributed by atoms with E-state index in [0.29, 0.717) is 11.4 Å². The van der Waals surface area contributed by atoms with Crippen molar-refractivity contribution in [1.82, 2.24) is 4.90 Å². The number of fused-ring (bicyclic) bond motifs is 1. The highest BCUT2D eigenvalue weighted by Gasteiger charge is 2.49. The number of carbonyl (C=O) groups is 3. The molecule has 8 nitrogen and oxygen atoms in total. The molecule has 0 saturated carbocycles. The number of ether oxygens (including phenoxy) is 1. The van der Waals surface area contributed by atoms with Gasteiger partial charge in [-0.05, 0) is 25.5 Å². The fourth-order valence-electron chi connectivity index (χ4n) is 3.15. The van der Waals surface area contributed by atoms with Crippen molar-refractivity contribution in [3.05, 3.63) is 41.2 Å². The molecule has 8 heteroatoms. The highest BCUT2D eigenvalue weighted by molar-refractivity contribution is 6.16. The number of aliphatic imine (C=N–C) groups is 1. The number of benzene rings is 1. The predicted molar refractivity (Wildman–Crippen MR) is 99.9 cm³/mol. The van der Waals surface area contributed by atoms with Gasteiger partial charge in [-0.2, -0.15) is 9.48 Å². The van der Waals surface area contributed by atoms with Crippen LogP contribution in [0.4, 0.5) is 10.5 Å². The SMILES string of the molecule is COC1=CC=NC2=[N+](C)C(=O)N(CC(=O)Nc3ccc(C)cc3C)C(=O)C12. The van der Waals surface area contributed by atoms with Crippen LogP contribution >= 0.6 is 0 Å². The van der Waals surface area contributed by atoms with Crippen molar-refractivity contribution in [2.24, 2.45) is 10.9 Å². The highest BCUT2D eigenvalue weighted by atomic mass is 16.5. The molecule has 0 radical (unpaired) electrons. The van der Waals surface area contributed by atoms with Crippen molar-refractivity contribution in [1.29, 1.82) is 0 Å². The van der Waals surface area contributed by atoms with E-state index in [4.69, 9.17) is 4.74 Å². The van der Waals surface area contributed by atoms with Gasteiger partial charge in [0.2, 0.25) is 0 Å². The molecule has 27 heavy (non-hydrogen) atoms. The maximum Gasteiger partial charge on any atom is 0.446 e. The summed E-state index contributed by atoms with van der Waals surface area (Å²) in [6.07, 6.45) is 3.05.